The molecule has 1 heterocycles. The normalized spacial score (nSPS) is 27.8. The van der Waals surface area contributed by atoms with E-state index in [0.717, 1.165) is 6.42 Å². The van der Waals surface area contributed by atoms with Gasteiger partial charge in [-0.2, -0.15) is 0 Å². The topological polar surface area (TPSA) is 63.7 Å². The van der Waals surface area contributed by atoms with Crippen molar-refractivity contribution in [2.24, 2.45) is 23.7 Å². The van der Waals surface area contributed by atoms with Crippen LogP contribution in [0.25, 0.3) is 0 Å². The van der Waals surface area contributed by atoms with Gasteiger partial charge in [-0.15, -0.1) is 0 Å². The first-order valence-electron chi connectivity index (χ1n) is 10.4. The third-order valence-corrected chi connectivity index (χ3v) is 6.72. The number of fused-ring (bicyclic) bond motifs is 5. The maximum Gasteiger partial charge on any atom is 0.238 e. The highest BCUT2D eigenvalue weighted by molar-refractivity contribution is 6.23. The Morgan fingerprint density at radius 1 is 1.00 bits per heavy atom. The Labute approximate surface area is 175 Å². The first kappa shape index (κ1) is 18.8. The van der Waals surface area contributed by atoms with Gasteiger partial charge in [-0.3, -0.25) is 14.4 Å². The van der Waals surface area contributed by atoms with Crippen molar-refractivity contribution in [1.82, 2.24) is 0 Å². The summed E-state index contributed by atoms with van der Waals surface area (Å²) < 4.78 is 5.97. The summed E-state index contributed by atoms with van der Waals surface area (Å²) in [6.07, 6.45) is 2.30. The Kier molecular flexibility index (Phi) is 4.35. The minimum atomic E-state index is -0.749. The largest absolute Gasteiger partial charge is 0.480 e. The molecule has 1 saturated heterocycles. The van der Waals surface area contributed by atoms with E-state index >= 15 is 0 Å². The predicted octanol–water partition coefficient (Wildman–Crippen LogP) is 4.04. The zero-order valence-electron chi connectivity index (χ0n) is 16.9. The van der Waals surface area contributed by atoms with Crippen molar-refractivity contribution < 1.29 is 19.1 Å². The number of allylic oxidation sites excluding steroid dienone is 2. The quantitative estimate of drug-likeness (QED) is 0.431. The van der Waals surface area contributed by atoms with E-state index in [9.17, 15) is 14.4 Å². The first-order chi connectivity index (χ1) is 14.5. The van der Waals surface area contributed by atoms with Gasteiger partial charge in [0.2, 0.25) is 17.6 Å². The lowest BCUT2D eigenvalue weighted by atomic mass is 9.82. The molecular formula is C25H23NO4. The van der Waals surface area contributed by atoms with Crippen LogP contribution < -0.4 is 9.64 Å². The molecule has 2 bridgehead atoms. The molecule has 1 aliphatic heterocycles. The molecule has 0 N–H and O–H groups in total. The van der Waals surface area contributed by atoms with Crippen LogP contribution in [0.4, 0.5) is 5.69 Å². The molecule has 0 unspecified atom stereocenters. The van der Waals surface area contributed by atoms with Gasteiger partial charge < -0.3 is 4.74 Å². The summed E-state index contributed by atoms with van der Waals surface area (Å²) in [4.78, 5) is 40.5. The zero-order chi connectivity index (χ0) is 21.0. The standard InChI is InChI=1S/C25H23NO4/c1-14-12-17-13-18(14)22-21(17)24(28)26(25(22)29)19-10-6-7-11-20(19)30-15(2)23(27)16-8-4-3-5-9-16/h3-12,15,17-18,21-22H,13H2,1-2H3/t15-,17-,18+,21-,22-/m0/s1. The number of para-hydroxylation sites is 2. The summed E-state index contributed by atoms with van der Waals surface area (Å²) in [5, 5.41) is 0. The van der Waals surface area contributed by atoms with E-state index < -0.39 is 6.10 Å². The fourth-order valence-electron chi connectivity index (χ4n) is 5.33. The summed E-state index contributed by atoms with van der Waals surface area (Å²) in [5.41, 5.74) is 2.20. The monoisotopic (exact) mass is 401 g/mol. The number of benzene rings is 2. The second-order valence-electron chi connectivity index (χ2n) is 8.44. The van der Waals surface area contributed by atoms with Crippen LogP contribution >= 0.6 is 0 Å². The van der Waals surface area contributed by atoms with Crippen molar-refractivity contribution in [2.75, 3.05) is 4.90 Å². The molecule has 0 spiro atoms. The van der Waals surface area contributed by atoms with Crippen molar-refractivity contribution in [3.63, 3.8) is 0 Å². The Balaban J connectivity index is 1.43. The van der Waals surface area contributed by atoms with Crippen LogP contribution in [-0.2, 0) is 9.59 Å². The number of hydrogen-bond acceptors (Lipinski definition) is 4. The summed E-state index contributed by atoms with van der Waals surface area (Å²) in [5.74, 6) is -0.331. The number of amides is 2. The third kappa shape index (κ3) is 2.72. The molecule has 30 heavy (non-hydrogen) atoms. The van der Waals surface area contributed by atoms with Gasteiger partial charge in [0.05, 0.1) is 17.5 Å². The molecule has 2 aromatic rings. The highest BCUT2D eigenvalue weighted by Gasteiger charge is 2.61. The van der Waals surface area contributed by atoms with Crippen LogP contribution in [0.3, 0.4) is 0 Å². The maximum atomic E-state index is 13.3. The molecule has 2 aliphatic carbocycles. The molecule has 152 valence electrons. The number of carbonyl (C=O) groups is 3. The Bertz CT molecular complexity index is 1070. The maximum absolute atomic E-state index is 13.3. The SMILES string of the molecule is CC1=C[C@H]2C[C@H]1[C@@H]1C(=O)N(c3ccccc3O[C@@H](C)C(=O)c3ccccc3)C(=O)[C@H]12. The van der Waals surface area contributed by atoms with Gasteiger partial charge in [-0.25, -0.2) is 4.90 Å². The Morgan fingerprint density at radius 2 is 1.67 bits per heavy atom. The van der Waals surface area contributed by atoms with Gasteiger partial charge in [0.1, 0.15) is 5.75 Å². The minimum absolute atomic E-state index is 0.146. The van der Waals surface area contributed by atoms with Crippen LogP contribution in [0, 0.1) is 23.7 Å². The summed E-state index contributed by atoms with van der Waals surface area (Å²) in [7, 11) is 0. The molecular weight excluding hydrogens is 378 g/mol. The third-order valence-electron chi connectivity index (χ3n) is 6.72. The number of Topliss-reactive ketones (excluding diaryl/α,β-unsaturated/α-hetero) is 1. The van der Waals surface area contributed by atoms with Gasteiger partial charge in [0, 0.05) is 5.56 Å². The molecule has 0 aromatic heterocycles. The molecule has 2 fully saturated rings. The van der Waals surface area contributed by atoms with E-state index in [2.05, 4.69) is 13.0 Å². The second-order valence-corrected chi connectivity index (χ2v) is 8.44. The number of anilines is 1. The molecule has 0 radical (unpaired) electrons. The van der Waals surface area contributed by atoms with Crippen LogP contribution in [0.1, 0.15) is 30.6 Å². The van der Waals surface area contributed by atoms with E-state index in [0.29, 0.717) is 17.0 Å². The summed E-state index contributed by atoms with van der Waals surface area (Å²) in [6.45, 7) is 3.73. The van der Waals surface area contributed by atoms with Gasteiger partial charge >= 0.3 is 0 Å². The van der Waals surface area contributed by atoms with Gasteiger partial charge in [-0.05, 0) is 44.2 Å². The van der Waals surface area contributed by atoms with E-state index in [4.69, 9.17) is 4.74 Å². The average Bonchev–Trinajstić information content (AvgIpc) is 3.39. The molecule has 5 rings (SSSR count). The number of rotatable bonds is 5. The number of ether oxygens (including phenoxy) is 1. The van der Waals surface area contributed by atoms with E-state index in [1.54, 1.807) is 55.5 Å². The zero-order valence-corrected chi connectivity index (χ0v) is 16.9. The van der Waals surface area contributed by atoms with Crippen molar-refractivity contribution in [2.45, 2.75) is 26.4 Å². The number of carbonyl (C=O) groups excluding carboxylic acids is 3. The average molecular weight is 401 g/mol. The fourth-order valence-corrected chi connectivity index (χ4v) is 5.33. The number of ketones is 1. The number of imide groups is 1. The van der Waals surface area contributed by atoms with Gasteiger partial charge in [0.25, 0.3) is 0 Å². The van der Waals surface area contributed by atoms with Crippen molar-refractivity contribution in [3.05, 3.63) is 71.8 Å². The summed E-state index contributed by atoms with van der Waals surface area (Å²) >= 11 is 0. The molecule has 5 nitrogen and oxygen atoms in total. The lowest BCUT2D eigenvalue weighted by molar-refractivity contribution is -0.123. The van der Waals surface area contributed by atoms with Crippen LogP contribution in [0.2, 0.25) is 0 Å². The highest BCUT2D eigenvalue weighted by atomic mass is 16.5. The predicted molar refractivity (Wildman–Crippen MR) is 112 cm³/mol. The second kappa shape index (κ2) is 6.94. The molecule has 2 aromatic carbocycles. The lowest BCUT2D eigenvalue weighted by Crippen LogP contribution is -2.34. The highest BCUT2D eigenvalue weighted by Crippen LogP contribution is 2.56. The smallest absolute Gasteiger partial charge is 0.238 e. The van der Waals surface area contributed by atoms with Crippen molar-refractivity contribution in [1.29, 1.82) is 0 Å². The lowest BCUT2D eigenvalue weighted by Gasteiger charge is -2.22. The first-order valence-corrected chi connectivity index (χ1v) is 10.4. The minimum Gasteiger partial charge on any atom is -0.480 e. The fraction of sp³-hybridized carbons (Fsp3) is 0.320. The number of hydrogen-bond donors (Lipinski definition) is 0. The van der Waals surface area contributed by atoms with Crippen LogP contribution in [0.15, 0.2) is 66.2 Å². The molecule has 5 heteroatoms. The Morgan fingerprint density at radius 3 is 2.43 bits per heavy atom. The van der Waals surface area contributed by atoms with Gasteiger partial charge in [-0.1, -0.05) is 54.1 Å². The van der Waals surface area contributed by atoms with Crippen molar-refractivity contribution >= 4 is 23.3 Å². The molecule has 3 aliphatic rings. The van der Waals surface area contributed by atoms with Crippen LogP contribution in [0.5, 0.6) is 5.75 Å². The van der Waals surface area contributed by atoms with Gasteiger partial charge in [0.15, 0.2) is 6.10 Å². The molecule has 1 saturated carbocycles. The van der Waals surface area contributed by atoms with Crippen molar-refractivity contribution in [3.8, 4) is 5.75 Å². The Hall–Kier alpha value is -3.21. The van der Waals surface area contributed by atoms with E-state index in [1.807, 2.05) is 6.07 Å². The van der Waals surface area contributed by atoms with E-state index in [1.165, 1.54) is 10.5 Å². The molecule has 2 amide bonds. The van der Waals surface area contributed by atoms with E-state index in [-0.39, 0.29) is 41.3 Å². The number of nitrogens with zero attached hydrogens (tertiary/aromatic N) is 1. The molecule has 5 atom stereocenters. The summed E-state index contributed by atoms with van der Waals surface area (Å²) in [6, 6.07) is 15.9. The van der Waals surface area contributed by atoms with Crippen LogP contribution in [-0.4, -0.2) is 23.7 Å².